The van der Waals surface area contributed by atoms with Crippen molar-refractivity contribution in [1.82, 2.24) is 9.88 Å². The van der Waals surface area contributed by atoms with Gasteiger partial charge in [-0.2, -0.15) is 0 Å². The molecule has 1 heterocycles. The Morgan fingerprint density at radius 1 is 1.39 bits per heavy atom. The summed E-state index contributed by atoms with van der Waals surface area (Å²) in [5.74, 6) is 0.632. The van der Waals surface area contributed by atoms with Crippen LogP contribution in [0.15, 0.2) is 12.3 Å². The number of aromatic nitrogens is 1. The van der Waals surface area contributed by atoms with Crippen LogP contribution in [-0.4, -0.2) is 16.5 Å². The summed E-state index contributed by atoms with van der Waals surface area (Å²) in [5, 5.41) is 3.17. The fraction of sp³-hybridized carbons (Fsp3) is 0.643. The average Bonchev–Trinajstić information content (AvgIpc) is 3.00. The molecule has 2 atom stereocenters. The molecule has 2 saturated carbocycles. The summed E-state index contributed by atoms with van der Waals surface area (Å²) in [7, 11) is 0. The molecule has 3 N–H and O–H groups in total. The molecule has 2 unspecified atom stereocenters. The number of carbonyl (C=O) groups excluding carboxylic acids is 1. The van der Waals surface area contributed by atoms with Gasteiger partial charge >= 0.3 is 0 Å². The van der Waals surface area contributed by atoms with Crippen molar-refractivity contribution < 1.29 is 4.79 Å². The van der Waals surface area contributed by atoms with Crippen LogP contribution in [0.1, 0.15) is 55.6 Å². The van der Waals surface area contributed by atoms with Gasteiger partial charge in [-0.25, -0.2) is 0 Å². The fourth-order valence-electron chi connectivity index (χ4n) is 2.94. The maximum atomic E-state index is 12.3. The molecular formula is C14H21N3O. The first-order valence-corrected chi connectivity index (χ1v) is 6.93. The van der Waals surface area contributed by atoms with Crippen LogP contribution in [0.4, 0.5) is 5.69 Å². The van der Waals surface area contributed by atoms with Crippen LogP contribution in [-0.2, 0) is 0 Å². The zero-order valence-electron chi connectivity index (χ0n) is 10.9. The van der Waals surface area contributed by atoms with Crippen molar-refractivity contribution in [2.24, 2.45) is 5.92 Å². The number of nitrogens with zero attached hydrogens (tertiary/aromatic N) is 1. The van der Waals surface area contributed by atoms with Gasteiger partial charge in [0.1, 0.15) is 5.69 Å². The first-order chi connectivity index (χ1) is 8.65. The lowest BCUT2D eigenvalue weighted by Crippen LogP contribution is -2.37. The molecule has 4 nitrogen and oxygen atoms in total. The highest BCUT2D eigenvalue weighted by Crippen LogP contribution is 2.37. The Bertz CT molecular complexity index is 462. The first-order valence-electron chi connectivity index (χ1n) is 6.93. The molecule has 0 aliphatic heterocycles. The molecule has 0 radical (unpaired) electrons. The van der Waals surface area contributed by atoms with Gasteiger partial charge in [0.25, 0.3) is 5.91 Å². The van der Waals surface area contributed by atoms with Gasteiger partial charge < -0.3 is 15.6 Å². The van der Waals surface area contributed by atoms with Gasteiger partial charge in [0, 0.05) is 18.3 Å². The zero-order chi connectivity index (χ0) is 12.7. The summed E-state index contributed by atoms with van der Waals surface area (Å²) in [6.45, 7) is 2.21. The minimum atomic E-state index is 0.0392. The maximum absolute atomic E-state index is 12.3. The highest BCUT2D eigenvalue weighted by Gasteiger charge is 2.30. The van der Waals surface area contributed by atoms with Gasteiger partial charge in [0.05, 0.1) is 5.69 Å². The zero-order valence-corrected chi connectivity index (χ0v) is 10.9. The van der Waals surface area contributed by atoms with Crippen molar-refractivity contribution in [1.29, 1.82) is 0 Å². The van der Waals surface area contributed by atoms with Gasteiger partial charge in [-0.15, -0.1) is 0 Å². The molecule has 18 heavy (non-hydrogen) atoms. The van der Waals surface area contributed by atoms with Crippen LogP contribution in [0.3, 0.4) is 0 Å². The summed E-state index contributed by atoms with van der Waals surface area (Å²) < 4.78 is 2.05. The second-order valence-corrected chi connectivity index (χ2v) is 5.79. The van der Waals surface area contributed by atoms with Gasteiger partial charge in [-0.1, -0.05) is 13.3 Å². The van der Waals surface area contributed by atoms with Crippen molar-refractivity contribution in [3.05, 3.63) is 18.0 Å². The molecule has 1 aromatic rings. The van der Waals surface area contributed by atoms with Crippen molar-refractivity contribution in [3.63, 3.8) is 0 Å². The standard InChI is InChI=1S/C14H21N3O/c1-9-3-2-4-12(9)16-14(18)13-7-10(15)8-17(13)11-5-6-11/h7-9,11-12H,2-6,15H2,1H3,(H,16,18). The van der Waals surface area contributed by atoms with E-state index in [4.69, 9.17) is 5.73 Å². The molecular weight excluding hydrogens is 226 g/mol. The monoisotopic (exact) mass is 247 g/mol. The molecule has 0 aromatic carbocycles. The lowest BCUT2D eigenvalue weighted by molar-refractivity contribution is 0.0920. The van der Waals surface area contributed by atoms with Crippen LogP contribution >= 0.6 is 0 Å². The van der Waals surface area contributed by atoms with Crippen molar-refractivity contribution >= 4 is 11.6 Å². The summed E-state index contributed by atoms with van der Waals surface area (Å²) in [6, 6.07) is 2.62. The van der Waals surface area contributed by atoms with Crippen LogP contribution in [0.5, 0.6) is 0 Å². The quantitative estimate of drug-likeness (QED) is 0.861. The number of carbonyl (C=O) groups is 1. The summed E-state index contributed by atoms with van der Waals surface area (Å²) in [4.78, 5) is 12.3. The lowest BCUT2D eigenvalue weighted by Gasteiger charge is -2.18. The molecule has 2 aliphatic carbocycles. The van der Waals surface area contributed by atoms with E-state index >= 15 is 0 Å². The molecule has 0 saturated heterocycles. The molecule has 3 rings (SSSR count). The number of rotatable bonds is 3. The second-order valence-electron chi connectivity index (χ2n) is 5.79. The van der Waals surface area contributed by atoms with E-state index in [1.807, 2.05) is 10.8 Å². The normalized spacial score (nSPS) is 27.4. The Balaban J connectivity index is 1.75. The third kappa shape index (κ3) is 2.11. The molecule has 0 bridgehead atoms. The fourth-order valence-corrected chi connectivity index (χ4v) is 2.94. The number of hydrogen-bond acceptors (Lipinski definition) is 2. The van der Waals surface area contributed by atoms with E-state index in [-0.39, 0.29) is 5.91 Å². The van der Waals surface area contributed by atoms with Crippen LogP contribution in [0.2, 0.25) is 0 Å². The van der Waals surface area contributed by atoms with E-state index in [0.717, 1.165) is 25.0 Å². The summed E-state index contributed by atoms with van der Waals surface area (Å²) in [5.41, 5.74) is 7.23. The smallest absolute Gasteiger partial charge is 0.268 e. The Morgan fingerprint density at radius 3 is 2.78 bits per heavy atom. The largest absolute Gasteiger partial charge is 0.397 e. The number of anilines is 1. The van der Waals surface area contributed by atoms with Crippen molar-refractivity contribution in [3.8, 4) is 0 Å². The molecule has 1 amide bonds. The molecule has 1 aromatic heterocycles. The third-order valence-corrected chi connectivity index (χ3v) is 4.22. The summed E-state index contributed by atoms with van der Waals surface area (Å²) >= 11 is 0. The second kappa shape index (κ2) is 4.34. The Kier molecular flexibility index (Phi) is 2.80. The van der Waals surface area contributed by atoms with Gasteiger partial charge in [-0.3, -0.25) is 4.79 Å². The minimum Gasteiger partial charge on any atom is -0.397 e. The van der Waals surface area contributed by atoms with Crippen molar-refractivity contribution in [2.45, 2.75) is 51.1 Å². The molecule has 4 heteroatoms. The van der Waals surface area contributed by atoms with E-state index in [2.05, 4.69) is 12.2 Å². The molecule has 0 spiro atoms. The average molecular weight is 247 g/mol. The van der Waals surface area contributed by atoms with Crippen molar-refractivity contribution in [2.75, 3.05) is 5.73 Å². The molecule has 2 fully saturated rings. The topological polar surface area (TPSA) is 60.1 Å². The van der Waals surface area contributed by atoms with Crippen LogP contribution in [0.25, 0.3) is 0 Å². The number of hydrogen-bond donors (Lipinski definition) is 2. The highest BCUT2D eigenvalue weighted by molar-refractivity contribution is 5.94. The SMILES string of the molecule is CC1CCCC1NC(=O)c1cc(N)cn1C1CC1. The van der Waals surface area contributed by atoms with Crippen LogP contribution in [0, 0.1) is 5.92 Å². The summed E-state index contributed by atoms with van der Waals surface area (Å²) in [6.07, 6.45) is 7.76. The number of nitrogens with one attached hydrogen (secondary N) is 1. The Hall–Kier alpha value is -1.45. The Morgan fingerprint density at radius 2 is 2.17 bits per heavy atom. The maximum Gasteiger partial charge on any atom is 0.268 e. The van der Waals surface area contributed by atoms with E-state index in [9.17, 15) is 4.79 Å². The number of amides is 1. The predicted molar refractivity (Wildman–Crippen MR) is 71.4 cm³/mol. The molecule has 98 valence electrons. The minimum absolute atomic E-state index is 0.0392. The van der Waals surface area contributed by atoms with E-state index in [0.29, 0.717) is 23.7 Å². The predicted octanol–water partition coefficient (Wildman–Crippen LogP) is 2.32. The van der Waals surface area contributed by atoms with E-state index < -0.39 is 0 Å². The van der Waals surface area contributed by atoms with E-state index in [1.165, 1.54) is 12.8 Å². The molecule has 2 aliphatic rings. The van der Waals surface area contributed by atoms with Crippen LogP contribution < -0.4 is 11.1 Å². The van der Waals surface area contributed by atoms with Gasteiger partial charge in [0.15, 0.2) is 0 Å². The Labute approximate surface area is 108 Å². The number of nitrogens with two attached hydrogens (primary N) is 1. The third-order valence-electron chi connectivity index (χ3n) is 4.22. The van der Waals surface area contributed by atoms with Gasteiger partial charge in [-0.05, 0) is 37.7 Å². The lowest BCUT2D eigenvalue weighted by atomic mass is 10.1. The van der Waals surface area contributed by atoms with E-state index in [1.54, 1.807) is 6.07 Å². The number of nitrogen functional groups attached to an aromatic ring is 1. The van der Waals surface area contributed by atoms with Gasteiger partial charge in [0.2, 0.25) is 0 Å². The highest BCUT2D eigenvalue weighted by atomic mass is 16.2. The first kappa shape index (κ1) is 11.6.